The Balaban J connectivity index is 0.00000433. The van der Waals surface area contributed by atoms with Crippen molar-refractivity contribution in [1.82, 2.24) is 15.0 Å². The fourth-order valence-corrected chi connectivity index (χ4v) is 12.3. The van der Waals surface area contributed by atoms with Crippen LogP contribution in [0.4, 0.5) is 0 Å². The first-order valence-corrected chi connectivity index (χ1v) is 31.2. The molecule has 455 valence electrons. The molecule has 0 saturated heterocycles. The molecule has 0 aliphatic carbocycles. The molecule has 4 heteroatoms. The first-order valence-electron chi connectivity index (χ1n) is 31.2. The fourth-order valence-electron chi connectivity index (χ4n) is 12.3. The molecule has 0 spiro atoms. The summed E-state index contributed by atoms with van der Waals surface area (Å²) in [5.74, 6) is 0. The average molecular weight is 1370 g/mol. The molecule has 0 atom stereocenters. The summed E-state index contributed by atoms with van der Waals surface area (Å²) in [6.07, 6.45) is 5.78. The minimum absolute atomic E-state index is 0. The van der Waals surface area contributed by atoms with E-state index in [1.807, 2.05) is 18.6 Å². The van der Waals surface area contributed by atoms with Gasteiger partial charge in [0.05, 0.1) is 0 Å². The van der Waals surface area contributed by atoms with Gasteiger partial charge in [0.2, 0.25) is 0 Å². The molecule has 3 aromatic heterocycles. The summed E-state index contributed by atoms with van der Waals surface area (Å²) in [6.45, 7) is 20.2. The maximum absolute atomic E-state index is 4.92. The molecular formula is C88H75IrN3-4. The van der Waals surface area contributed by atoms with Crippen molar-refractivity contribution in [3.63, 3.8) is 0 Å². The Morgan fingerprint density at radius 2 is 0.478 bits per heavy atom. The van der Waals surface area contributed by atoms with Crippen LogP contribution >= 0.6 is 0 Å². The molecule has 0 amide bonds. The van der Waals surface area contributed by atoms with Gasteiger partial charge in [0.1, 0.15) is 0 Å². The Bertz CT molecular complexity index is 4260. The average Bonchev–Trinajstić information content (AvgIpc) is 0.781. The minimum Gasteiger partial charge on any atom is -0.358 e. The predicted molar refractivity (Wildman–Crippen MR) is 384 cm³/mol. The first kappa shape index (κ1) is 63.9. The van der Waals surface area contributed by atoms with E-state index in [2.05, 4.69) is 335 Å². The summed E-state index contributed by atoms with van der Waals surface area (Å²) in [5, 5.41) is 0. The molecule has 0 unspecified atom stereocenters. The van der Waals surface area contributed by atoms with Gasteiger partial charge in [0, 0.05) is 38.7 Å². The SMILES string of the molecule is CC(C)(C)c1ccnc(-c2[c-]cc(-c3ccccc3-c3cc(-c4ccccc4-c4c[c-]c(-c5cc(C(C)(C)C)ccn5)cc4-c4ccccc4)cc(-c4ccccc4-c4c[c-]c(-c5cc(C(C)(C)C)ccn5)cc4-c4ccccc4)c3)c(-c3ccccc3)c2)c1.[CH3-].[Ir]. The van der Waals surface area contributed by atoms with Gasteiger partial charge < -0.3 is 22.4 Å². The second kappa shape index (κ2) is 26.6. The molecule has 1 radical (unpaired) electrons. The van der Waals surface area contributed by atoms with Crippen molar-refractivity contribution in [2.45, 2.75) is 78.6 Å². The third-order valence-corrected chi connectivity index (χ3v) is 17.3. The van der Waals surface area contributed by atoms with Gasteiger partial charge in [0.15, 0.2) is 0 Å². The number of hydrogen-bond donors (Lipinski definition) is 0. The van der Waals surface area contributed by atoms with Crippen LogP contribution in [0.3, 0.4) is 0 Å². The zero-order chi connectivity index (χ0) is 62.2. The van der Waals surface area contributed by atoms with Gasteiger partial charge >= 0.3 is 0 Å². The van der Waals surface area contributed by atoms with E-state index >= 15 is 0 Å². The molecule has 13 rings (SSSR count). The number of pyridine rings is 3. The van der Waals surface area contributed by atoms with Crippen LogP contribution < -0.4 is 0 Å². The fraction of sp³-hybridized carbons (Fsp3) is 0.136. The molecule has 0 aliphatic heterocycles. The van der Waals surface area contributed by atoms with Gasteiger partial charge in [-0.25, -0.2) is 0 Å². The Labute approximate surface area is 559 Å². The largest absolute Gasteiger partial charge is 0.358 e. The summed E-state index contributed by atoms with van der Waals surface area (Å²) in [6, 6.07) is 104. The summed E-state index contributed by atoms with van der Waals surface area (Å²) in [7, 11) is 0. The van der Waals surface area contributed by atoms with Crippen LogP contribution in [0.5, 0.6) is 0 Å². The van der Waals surface area contributed by atoms with Crippen LogP contribution in [0.15, 0.2) is 273 Å². The normalized spacial score (nSPS) is 11.6. The molecule has 0 N–H and O–H groups in total. The van der Waals surface area contributed by atoms with E-state index in [1.165, 1.54) is 16.7 Å². The van der Waals surface area contributed by atoms with Crippen LogP contribution in [0, 0.1) is 25.6 Å². The van der Waals surface area contributed by atoms with E-state index in [0.29, 0.717) is 0 Å². The molecule has 0 bridgehead atoms. The zero-order valence-electron chi connectivity index (χ0n) is 54.2. The molecule has 92 heavy (non-hydrogen) atoms. The Hall–Kier alpha value is -9.70. The van der Waals surface area contributed by atoms with Crippen LogP contribution in [0.1, 0.15) is 79.0 Å². The topological polar surface area (TPSA) is 38.7 Å². The molecule has 0 saturated carbocycles. The minimum atomic E-state index is -0.0402. The smallest absolute Gasteiger partial charge is 0.0163 e. The van der Waals surface area contributed by atoms with Crippen LogP contribution in [-0.2, 0) is 36.4 Å². The van der Waals surface area contributed by atoms with E-state index in [1.54, 1.807) is 0 Å². The van der Waals surface area contributed by atoms with Gasteiger partial charge in [-0.1, -0.05) is 294 Å². The van der Waals surface area contributed by atoms with Crippen LogP contribution in [0.2, 0.25) is 0 Å². The van der Waals surface area contributed by atoms with Gasteiger partial charge in [-0.15, -0.1) is 71.3 Å². The summed E-state index contributed by atoms with van der Waals surface area (Å²) in [4.78, 5) is 14.8. The number of benzene rings is 10. The van der Waals surface area contributed by atoms with Crippen molar-refractivity contribution in [2.75, 3.05) is 0 Å². The molecule has 0 aliphatic rings. The molecule has 10 aromatic carbocycles. The Kier molecular flexibility index (Phi) is 18.5. The van der Waals surface area contributed by atoms with Crippen molar-refractivity contribution in [1.29, 1.82) is 0 Å². The van der Waals surface area contributed by atoms with E-state index < -0.39 is 0 Å². The Morgan fingerprint density at radius 1 is 0.239 bits per heavy atom. The monoisotopic (exact) mass is 1370 g/mol. The Morgan fingerprint density at radius 3 is 0.728 bits per heavy atom. The van der Waals surface area contributed by atoms with Crippen molar-refractivity contribution < 1.29 is 20.1 Å². The van der Waals surface area contributed by atoms with Crippen molar-refractivity contribution in [2.24, 2.45) is 0 Å². The quantitative estimate of drug-likeness (QED) is 0.114. The third-order valence-electron chi connectivity index (χ3n) is 17.3. The van der Waals surface area contributed by atoms with Gasteiger partial charge in [-0.3, -0.25) is 0 Å². The summed E-state index contributed by atoms with van der Waals surface area (Å²) >= 11 is 0. The first-order chi connectivity index (χ1) is 43.5. The molecule has 0 fully saturated rings. The van der Waals surface area contributed by atoms with E-state index in [-0.39, 0.29) is 43.8 Å². The number of aromatic nitrogens is 3. The summed E-state index contributed by atoms with van der Waals surface area (Å²) in [5.41, 5.74) is 28.8. The molecule has 3 nitrogen and oxygen atoms in total. The summed E-state index contributed by atoms with van der Waals surface area (Å²) < 4.78 is 0. The predicted octanol–water partition coefficient (Wildman–Crippen LogP) is 23.6. The molecule has 3 heterocycles. The van der Waals surface area contributed by atoms with E-state index in [0.717, 1.165) is 134 Å². The third kappa shape index (κ3) is 13.4. The number of rotatable bonds is 12. The van der Waals surface area contributed by atoms with Crippen LogP contribution in [-0.4, -0.2) is 15.0 Å². The molecule has 13 aromatic rings. The second-order valence-electron chi connectivity index (χ2n) is 26.6. The molecular weight excluding hydrogens is 1290 g/mol. The van der Waals surface area contributed by atoms with E-state index in [9.17, 15) is 0 Å². The van der Waals surface area contributed by atoms with Crippen molar-refractivity contribution in [3.8, 4) is 134 Å². The van der Waals surface area contributed by atoms with Crippen molar-refractivity contribution >= 4 is 0 Å². The second-order valence-corrected chi connectivity index (χ2v) is 26.6. The van der Waals surface area contributed by atoms with Crippen molar-refractivity contribution in [3.05, 3.63) is 316 Å². The van der Waals surface area contributed by atoms with E-state index in [4.69, 9.17) is 15.0 Å². The maximum Gasteiger partial charge on any atom is 0.0163 e. The maximum atomic E-state index is 4.92. The number of nitrogens with zero attached hydrogens (tertiary/aromatic N) is 3. The number of hydrogen-bond acceptors (Lipinski definition) is 3. The standard InChI is InChI=1S/C87H72N3.CH3.Ir/c1-85(2,3)67-43-46-88-82(55-67)61-37-40-76(79(52-61)58-25-13-10-14-26-58)73-34-22-19-31-70(73)64-49-65(71-32-20-23-35-74(71)77-41-38-62(53-80(77)59-27-15-11-16-28-59)83-56-68(44-47-89-83)86(4,5)6)51-66(50-64)72-33-21-24-36-75(72)78-42-39-63(54-81(78)60-29-17-12-18-30-60)84-57-69(45-48-90-84)87(7,8)9;;/h10-36,40-57H,1-9H3;1H3;/q-3;-1;. The van der Waals surface area contributed by atoms with Gasteiger partial charge in [-0.2, -0.15) is 0 Å². The zero-order valence-corrected chi connectivity index (χ0v) is 56.6. The van der Waals surface area contributed by atoms with Gasteiger partial charge in [-0.05, 0) is 136 Å². The van der Waals surface area contributed by atoms with Gasteiger partial charge in [0.25, 0.3) is 0 Å². The van der Waals surface area contributed by atoms with Crippen LogP contribution in [0.25, 0.3) is 134 Å².